The van der Waals surface area contributed by atoms with Crippen LogP contribution in [0.3, 0.4) is 0 Å². The summed E-state index contributed by atoms with van der Waals surface area (Å²) in [5.41, 5.74) is 0.771. The third-order valence-corrected chi connectivity index (χ3v) is 3.56. The number of furan rings is 1. The molecule has 0 saturated carbocycles. The van der Waals surface area contributed by atoms with Crippen molar-refractivity contribution in [1.82, 2.24) is 9.71 Å². The maximum absolute atomic E-state index is 12.1. The molecule has 0 saturated heterocycles. The Morgan fingerprint density at radius 3 is 2.81 bits per heavy atom. The fraction of sp³-hybridized carbons (Fsp3) is 0.176. The van der Waals surface area contributed by atoms with Crippen LogP contribution < -0.4 is 14.8 Å². The SMILES string of the molecule is COc1ncc(OC(=O)N=c2ccn(O)cc2C)c2cc(C(C)=O)oc12. The highest BCUT2D eigenvalue weighted by Gasteiger charge is 2.19. The number of carbonyl (C=O) groups is 2. The molecule has 3 rings (SSSR count). The summed E-state index contributed by atoms with van der Waals surface area (Å²) in [7, 11) is 1.41. The Kier molecular flexibility index (Phi) is 4.44. The van der Waals surface area contributed by atoms with Crippen molar-refractivity contribution in [2.75, 3.05) is 7.11 Å². The van der Waals surface area contributed by atoms with Crippen molar-refractivity contribution in [2.24, 2.45) is 4.99 Å². The van der Waals surface area contributed by atoms with Crippen molar-refractivity contribution in [2.45, 2.75) is 13.8 Å². The van der Waals surface area contributed by atoms with E-state index < -0.39 is 6.09 Å². The topological polar surface area (TPSA) is 116 Å². The van der Waals surface area contributed by atoms with E-state index in [1.54, 1.807) is 6.92 Å². The molecule has 0 radical (unpaired) electrons. The van der Waals surface area contributed by atoms with Gasteiger partial charge >= 0.3 is 6.09 Å². The molecule has 3 aromatic rings. The van der Waals surface area contributed by atoms with Crippen LogP contribution in [0.4, 0.5) is 4.79 Å². The zero-order valence-corrected chi connectivity index (χ0v) is 14.2. The highest BCUT2D eigenvalue weighted by molar-refractivity contribution is 5.99. The van der Waals surface area contributed by atoms with E-state index in [1.165, 1.54) is 44.8 Å². The van der Waals surface area contributed by atoms with Gasteiger partial charge in [-0.2, -0.15) is 4.99 Å². The molecule has 134 valence electrons. The van der Waals surface area contributed by atoms with Crippen molar-refractivity contribution >= 4 is 22.8 Å². The summed E-state index contributed by atoms with van der Waals surface area (Å²) in [6, 6.07) is 2.91. The Morgan fingerprint density at radius 2 is 2.15 bits per heavy atom. The number of ketones is 1. The van der Waals surface area contributed by atoms with Gasteiger partial charge in [-0.3, -0.25) is 4.79 Å². The second kappa shape index (κ2) is 6.71. The monoisotopic (exact) mass is 357 g/mol. The van der Waals surface area contributed by atoms with E-state index >= 15 is 0 Å². The first-order chi connectivity index (χ1) is 12.4. The molecule has 0 aliphatic carbocycles. The van der Waals surface area contributed by atoms with Gasteiger partial charge in [0.05, 0.1) is 24.1 Å². The first-order valence-corrected chi connectivity index (χ1v) is 7.51. The van der Waals surface area contributed by atoms with Crippen LogP contribution in [0.2, 0.25) is 0 Å². The summed E-state index contributed by atoms with van der Waals surface area (Å²) >= 11 is 0. The molecule has 0 atom stereocenters. The van der Waals surface area contributed by atoms with E-state index in [9.17, 15) is 14.8 Å². The highest BCUT2D eigenvalue weighted by Crippen LogP contribution is 2.34. The number of fused-ring (bicyclic) bond motifs is 1. The summed E-state index contributed by atoms with van der Waals surface area (Å²) in [6.07, 6.45) is 3.13. The van der Waals surface area contributed by atoms with Crippen molar-refractivity contribution in [3.8, 4) is 11.6 Å². The van der Waals surface area contributed by atoms with Crippen LogP contribution in [-0.4, -0.2) is 33.9 Å². The first-order valence-electron chi connectivity index (χ1n) is 7.51. The van der Waals surface area contributed by atoms with Crippen LogP contribution in [0.15, 0.2) is 40.1 Å². The van der Waals surface area contributed by atoms with Gasteiger partial charge in [-0.05, 0) is 24.6 Å². The standard InChI is InChI=1S/C17H15N3O6/c1-9-8-20(23)5-4-12(9)19-17(22)26-14-7-18-16(24-3)15-11(14)6-13(25-15)10(2)21/h4-8,23H,1-3H3. The molecule has 0 bridgehead atoms. The Hall–Kier alpha value is -3.62. The van der Waals surface area contributed by atoms with E-state index in [1.807, 2.05) is 0 Å². The predicted octanol–water partition coefficient (Wildman–Crippen LogP) is 2.49. The normalized spacial score (nSPS) is 11.6. The van der Waals surface area contributed by atoms with Gasteiger partial charge in [0, 0.05) is 19.3 Å². The van der Waals surface area contributed by atoms with Gasteiger partial charge < -0.3 is 19.1 Å². The molecule has 3 heterocycles. The molecular weight excluding hydrogens is 342 g/mol. The van der Waals surface area contributed by atoms with Crippen molar-refractivity contribution < 1.29 is 28.7 Å². The minimum absolute atomic E-state index is 0.0802. The molecule has 9 nitrogen and oxygen atoms in total. The number of ether oxygens (including phenoxy) is 2. The molecule has 26 heavy (non-hydrogen) atoms. The second-order valence-electron chi connectivity index (χ2n) is 5.41. The van der Waals surface area contributed by atoms with Crippen molar-refractivity contribution in [1.29, 1.82) is 0 Å². The molecule has 0 aliphatic heterocycles. The number of hydrogen-bond acceptors (Lipinski definition) is 7. The van der Waals surface area contributed by atoms with Gasteiger partial charge in [-0.25, -0.2) is 14.5 Å². The predicted molar refractivity (Wildman–Crippen MR) is 88.5 cm³/mol. The molecule has 1 amide bonds. The average molecular weight is 357 g/mol. The minimum atomic E-state index is -0.886. The number of rotatable bonds is 3. The maximum Gasteiger partial charge on any atom is 0.439 e. The highest BCUT2D eigenvalue weighted by atomic mass is 16.6. The average Bonchev–Trinajstić information content (AvgIpc) is 3.04. The lowest BCUT2D eigenvalue weighted by atomic mass is 10.2. The van der Waals surface area contributed by atoms with Crippen LogP contribution >= 0.6 is 0 Å². The van der Waals surface area contributed by atoms with Gasteiger partial charge in [0.15, 0.2) is 17.3 Å². The number of hydrogen-bond donors (Lipinski definition) is 1. The third-order valence-electron chi connectivity index (χ3n) is 3.56. The number of aryl methyl sites for hydroxylation is 1. The van der Waals surface area contributed by atoms with E-state index in [4.69, 9.17) is 13.9 Å². The number of nitrogens with zero attached hydrogens (tertiary/aromatic N) is 3. The van der Waals surface area contributed by atoms with Crippen LogP contribution in [0.1, 0.15) is 23.0 Å². The van der Waals surface area contributed by atoms with Crippen LogP contribution in [-0.2, 0) is 0 Å². The quantitative estimate of drug-likeness (QED) is 0.565. The van der Waals surface area contributed by atoms with E-state index in [2.05, 4.69) is 9.98 Å². The third kappa shape index (κ3) is 3.27. The summed E-state index contributed by atoms with van der Waals surface area (Å²) in [4.78, 5) is 31.5. The molecule has 3 aromatic heterocycles. The second-order valence-corrected chi connectivity index (χ2v) is 5.41. The smallest absolute Gasteiger partial charge is 0.439 e. The number of Topliss-reactive ketones (excluding diaryl/α,β-unsaturated/α-hetero) is 1. The number of carbonyl (C=O) groups excluding carboxylic acids is 2. The Balaban J connectivity index is 2.00. The van der Waals surface area contributed by atoms with Gasteiger partial charge in [0.1, 0.15) is 0 Å². The van der Waals surface area contributed by atoms with E-state index in [0.29, 0.717) is 16.3 Å². The molecule has 0 aliphatic rings. The Bertz CT molecular complexity index is 1080. The lowest BCUT2D eigenvalue weighted by Gasteiger charge is -2.04. The van der Waals surface area contributed by atoms with Crippen LogP contribution in [0.25, 0.3) is 11.0 Å². The Labute approximate surface area is 147 Å². The van der Waals surface area contributed by atoms with Crippen LogP contribution in [0.5, 0.6) is 11.6 Å². The molecule has 0 unspecified atom stereocenters. The minimum Gasteiger partial charge on any atom is -0.478 e. The van der Waals surface area contributed by atoms with Crippen LogP contribution in [0, 0.1) is 6.92 Å². The molecule has 1 N–H and O–H groups in total. The zero-order chi connectivity index (χ0) is 18.8. The summed E-state index contributed by atoms with van der Waals surface area (Å²) in [6.45, 7) is 3.03. The summed E-state index contributed by atoms with van der Waals surface area (Å²) in [5, 5.41) is 10.0. The van der Waals surface area contributed by atoms with Crippen molar-refractivity contribution in [3.63, 3.8) is 0 Å². The lowest BCUT2D eigenvalue weighted by Crippen LogP contribution is -2.14. The lowest BCUT2D eigenvalue weighted by molar-refractivity contribution is 0.0989. The molecule has 0 spiro atoms. The van der Waals surface area contributed by atoms with Gasteiger partial charge in [-0.15, -0.1) is 0 Å². The first kappa shape index (κ1) is 17.2. The molecular formula is C17H15N3O6. The van der Waals surface area contributed by atoms with E-state index in [0.717, 1.165) is 4.73 Å². The molecule has 9 heteroatoms. The number of pyridine rings is 2. The van der Waals surface area contributed by atoms with Gasteiger partial charge in [0.2, 0.25) is 5.58 Å². The Morgan fingerprint density at radius 1 is 1.38 bits per heavy atom. The number of aromatic nitrogens is 2. The maximum atomic E-state index is 12.1. The molecule has 0 fully saturated rings. The fourth-order valence-electron chi connectivity index (χ4n) is 2.31. The fourth-order valence-corrected chi connectivity index (χ4v) is 2.31. The number of methoxy groups -OCH3 is 1. The zero-order valence-electron chi connectivity index (χ0n) is 14.2. The van der Waals surface area contributed by atoms with Gasteiger partial charge in [-0.1, -0.05) is 0 Å². The molecule has 0 aromatic carbocycles. The van der Waals surface area contributed by atoms with Gasteiger partial charge in [0.25, 0.3) is 5.88 Å². The summed E-state index contributed by atoms with van der Waals surface area (Å²) < 4.78 is 16.6. The van der Waals surface area contributed by atoms with Crippen molar-refractivity contribution in [3.05, 3.63) is 47.4 Å². The largest absolute Gasteiger partial charge is 0.478 e. The number of amides is 1. The summed E-state index contributed by atoms with van der Waals surface area (Å²) in [5.74, 6) is 0.0432. The van der Waals surface area contributed by atoms with E-state index in [-0.39, 0.29) is 28.8 Å².